The first-order valence-electron chi connectivity index (χ1n) is 8.12. The molecule has 0 saturated heterocycles. The molecule has 0 aliphatic heterocycles. The quantitative estimate of drug-likeness (QED) is 0.376. The van der Waals surface area contributed by atoms with Crippen LogP contribution in [0.2, 0.25) is 0 Å². The molecule has 1 aromatic heterocycles. The summed E-state index contributed by atoms with van der Waals surface area (Å²) in [5.41, 5.74) is 0.278. The van der Waals surface area contributed by atoms with E-state index in [0.29, 0.717) is 28.2 Å². The molecule has 0 unspecified atom stereocenters. The Morgan fingerprint density at radius 2 is 1.67 bits per heavy atom. The monoisotopic (exact) mass is 366 g/mol. The maximum Gasteiger partial charge on any atom is 0.347 e. The van der Waals surface area contributed by atoms with Gasteiger partial charge in [-0.15, -0.1) is 0 Å². The number of hydrogen-bond acceptors (Lipinski definition) is 6. The number of rotatable bonds is 6. The topological polar surface area (TPSA) is 75.0 Å². The first-order valence-corrected chi connectivity index (χ1v) is 8.12. The fourth-order valence-corrected chi connectivity index (χ4v) is 2.67. The third-order valence-corrected chi connectivity index (χ3v) is 4.04. The molecule has 138 valence electrons. The van der Waals surface area contributed by atoms with Crippen molar-refractivity contribution in [2.75, 3.05) is 21.3 Å². The smallest absolute Gasteiger partial charge is 0.347 e. The van der Waals surface area contributed by atoms with E-state index in [0.717, 1.165) is 5.56 Å². The maximum absolute atomic E-state index is 12.5. The standard InChI is InChI=1S/C21H18O6/c1-24-17-10-8-13(11-19(17)26-3)7-9-16(22)15-12-14-5-4-6-18(25-2)20(14)27-21(15)23/h4-12H,1-3H3. The second-order valence-electron chi connectivity index (χ2n) is 5.64. The lowest BCUT2D eigenvalue weighted by atomic mass is 10.1. The van der Waals surface area contributed by atoms with Gasteiger partial charge in [0.15, 0.2) is 28.6 Å². The summed E-state index contributed by atoms with van der Waals surface area (Å²) >= 11 is 0. The third-order valence-electron chi connectivity index (χ3n) is 4.04. The molecule has 1 heterocycles. The van der Waals surface area contributed by atoms with Crippen molar-refractivity contribution >= 4 is 22.8 Å². The zero-order chi connectivity index (χ0) is 19.4. The molecule has 0 saturated carbocycles. The van der Waals surface area contributed by atoms with Crippen molar-refractivity contribution in [1.82, 2.24) is 0 Å². The SMILES string of the molecule is COc1ccc(C=CC(=O)c2cc3cccc(OC)c3oc2=O)cc1OC. The van der Waals surface area contributed by atoms with E-state index in [9.17, 15) is 9.59 Å². The Morgan fingerprint density at radius 3 is 2.37 bits per heavy atom. The largest absolute Gasteiger partial charge is 0.493 e. The van der Waals surface area contributed by atoms with Crippen LogP contribution in [0.1, 0.15) is 15.9 Å². The molecule has 6 heteroatoms. The number of ketones is 1. The molecule has 3 aromatic rings. The average Bonchev–Trinajstić information content (AvgIpc) is 2.70. The Bertz CT molecular complexity index is 1080. The van der Waals surface area contributed by atoms with Gasteiger partial charge in [0.05, 0.1) is 21.3 Å². The summed E-state index contributed by atoms with van der Waals surface area (Å²) in [7, 11) is 4.57. The van der Waals surface area contributed by atoms with Crippen LogP contribution in [-0.2, 0) is 0 Å². The fourth-order valence-electron chi connectivity index (χ4n) is 2.67. The van der Waals surface area contributed by atoms with Gasteiger partial charge < -0.3 is 18.6 Å². The Balaban J connectivity index is 1.93. The zero-order valence-corrected chi connectivity index (χ0v) is 15.1. The van der Waals surface area contributed by atoms with Crippen molar-refractivity contribution < 1.29 is 23.4 Å². The highest BCUT2D eigenvalue weighted by Crippen LogP contribution is 2.28. The summed E-state index contributed by atoms with van der Waals surface area (Å²) in [5, 5.41) is 0.608. The highest BCUT2D eigenvalue weighted by molar-refractivity contribution is 6.08. The van der Waals surface area contributed by atoms with Gasteiger partial charge in [-0.25, -0.2) is 4.79 Å². The van der Waals surface area contributed by atoms with Crippen LogP contribution in [0.4, 0.5) is 0 Å². The van der Waals surface area contributed by atoms with Crippen molar-refractivity contribution in [3.63, 3.8) is 0 Å². The number of hydrogen-bond donors (Lipinski definition) is 0. The first kappa shape index (κ1) is 18.3. The highest BCUT2D eigenvalue weighted by atomic mass is 16.5. The minimum Gasteiger partial charge on any atom is -0.493 e. The van der Waals surface area contributed by atoms with Crippen molar-refractivity contribution in [1.29, 1.82) is 0 Å². The molecule has 0 aliphatic rings. The summed E-state index contributed by atoms with van der Waals surface area (Å²) in [4.78, 5) is 24.7. The normalized spacial score (nSPS) is 10.9. The van der Waals surface area contributed by atoms with Gasteiger partial charge in [-0.1, -0.05) is 24.3 Å². The van der Waals surface area contributed by atoms with Crippen LogP contribution in [0.15, 0.2) is 57.8 Å². The van der Waals surface area contributed by atoms with Crippen LogP contribution < -0.4 is 19.8 Å². The predicted molar refractivity (Wildman–Crippen MR) is 102 cm³/mol. The van der Waals surface area contributed by atoms with E-state index in [2.05, 4.69) is 0 Å². The summed E-state index contributed by atoms with van der Waals surface area (Å²) in [6, 6.07) is 11.9. The van der Waals surface area contributed by atoms with Gasteiger partial charge in [-0.3, -0.25) is 4.79 Å². The summed E-state index contributed by atoms with van der Waals surface area (Å²) < 4.78 is 20.9. The first-order chi connectivity index (χ1) is 13.1. The van der Waals surface area contributed by atoms with E-state index < -0.39 is 11.4 Å². The van der Waals surface area contributed by atoms with Crippen LogP contribution in [0.5, 0.6) is 17.2 Å². The average molecular weight is 366 g/mol. The summed E-state index contributed by atoms with van der Waals surface area (Å²) in [6.45, 7) is 0. The van der Waals surface area contributed by atoms with Crippen LogP contribution in [0.25, 0.3) is 17.0 Å². The maximum atomic E-state index is 12.5. The Morgan fingerprint density at radius 1 is 0.926 bits per heavy atom. The molecule has 0 fully saturated rings. The van der Waals surface area contributed by atoms with E-state index in [1.54, 1.807) is 49.6 Å². The number of ether oxygens (including phenoxy) is 3. The van der Waals surface area contributed by atoms with Crippen molar-refractivity contribution in [2.45, 2.75) is 0 Å². The molecule has 0 aliphatic carbocycles. The van der Waals surface area contributed by atoms with Gasteiger partial charge in [0.1, 0.15) is 5.56 Å². The van der Waals surface area contributed by atoms with Gasteiger partial charge in [0.2, 0.25) is 0 Å². The molecular weight excluding hydrogens is 348 g/mol. The van der Waals surface area contributed by atoms with E-state index in [4.69, 9.17) is 18.6 Å². The van der Waals surface area contributed by atoms with E-state index in [1.807, 2.05) is 0 Å². The molecule has 6 nitrogen and oxygen atoms in total. The van der Waals surface area contributed by atoms with Gasteiger partial charge >= 0.3 is 5.63 Å². The third kappa shape index (κ3) is 3.69. The molecule has 0 spiro atoms. The van der Waals surface area contributed by atoms with Crippen LogP contribution in [0.3, 0.4) is 0 Å². The molecule has 27 heavy (non-hydrogen) atoms. The molecule has 2 aromatic carbocycles. The van der Waals surface area contributed by atoms with Gasteiger partial charge in [-0.2, -0.15) is 0 Å². The lowest BCUT2D eigenvalue weighted by Crippen LogP contribution is -2.12. The highest BCUT2D eigenvalue weighted by Gasteiger charge is 2.13. The van der Waals surface area contributed by atoms with Crippen LogP contribution >= 0.6 is 0 Å². The van der Waals surface area contributed by atoms with E-state index >= 15 is 0 Å². The lowest BCUT2D eigenvalue weighted by molar-refractivity contribution is 0.104. The Labute approximate surface area is 155 Å². The number of benzene rings is 2. The number of carbonyl (C=O) groups is 1. The second-order valence-corrected chi connectivity index (χ2v) is 5.64. The number of allylic oxidation sites excluding steroid dienone is 1. The fraction of sp³-hybridized carbons (Fsp3) is 0.143. The Hall–Kier alpha value is -3.54. The minimum atomic E-state index is -0.714. The van der Waals surface area contributed by atoms with Crippen molar-refractivity contribution in [3.8, 4) is 17.2 Å². The molecular formula is C21H18O6. The van der Waals surface area contributed by atoms with Crippen LogP contribution in [0, 0.1) is 0 Å². The van der Waals surface area contributed by atoms with Gasteiger partial charge in [0, 0.05) is 5.39 Å². The second kappa shape index (κ2) is 7.78. The predicted octanol–water partition coefficient (Wildman–Crippen LogP) is 3.71. The number of fused-ring (bicyclic) bond motifs is 1. The molecule has 0 bridgehead atoms. The zero-order valence-electron chi connectivity index (χ0n) is 15.1. The van der Waals surface area contributed by atoms with E-state index in [1.165, 1.54) is 26.4 Å². The van der Waals surface area contributed by atoms with Crippen LogP contribution in [-0.4, -0.2) is 27.1 Å². The lowest BCUT2D eigenvalue weighted by Gasteiger charge is -2.07. The molecule has 0 atom stereocenters. The summed E-state index contributed by atoms with van der Waals surface area (Å²) in [6.07, 6.45) is 2.92. The Kier molecular flexibility index (Phi) is 5.26. The van der Waals surface area contributed by atoms with Crippen molar-refractivity contribution in [3.05, 3.63) is 70.1 Å². The van der Waals surface area contributed by atoms with Gasteiger partial charge in [-0.05, 0) is 35.9 Å². The number of carbonyl (C=O) groups excluding carboxylic acids is 1. The summed E-state index contributed by atoms with van der Waals surface area (Å²) in [5.74, 6) is 1.11. The molecule has 0 radical (unpaired) electrons. The molecule has 0 amide bonds. The molecule has 0 N–H and O–H groups in total. The van der Waals surface area contributed by atoms with E-state index in [-0.39, 0.29) is 5.56 Å². The van der Waals surface area contributed by atoms with Crippen molar-refractivity contribution in [2.24, 2.45) is 0 Å². The number of methoxy groups -OCH3 is 3. The molecule has 3 rings (SSSR count). The number of para-hydroxylation sites is 1. The van der Waals surface area contributed by atoms with Gasteiger partial charge in [0.25, 0.3) is 0 Å². The minimum absolute atomic E-state index is 0.0486.